The van der Waals surface area contributed by atoms with E-state index in [0.717, 1.165) is 11.3 Å². The highest BCUT2D eigenvalue weighted by molar-refractivity contribution is 5.66. The van der Waals surface area contributed by atoms with Crippen molar-refractivity contribution in [1.29, 1.82) is 0 Å². The predicted molar refractivity (Wildman–Crippen MR) is 62.2 cm³/mol. The second-order valence-electron chi connectivity index (χ2n) is 2.80. The van der Waals surface area contributed by atoms with Crippen molar-refractivity contribution in [3.8, 4) is 0 Å². The van der Waals surface area contributed by atoms with Crippen molar-refractivity contribution in [2.75, 3.05) is 19.0 Å². The summed E-state index contributed by atoms with van der Waals surface area (Å²) >= 11 is 0. The highest BCUT2D eigenvalue weighted by Gasteiger charge is 2.01. The summed E-state index contributed by atoms with van der Waals surface area (Å²) in [6.45, 7) is 7.62. The molecule has 0 aliphatic rings. The van der Waals surface area contributed by atoms with E-state index in [4.69, 9.17) is 0 Å². The molecule has 0 bridgehead atoms. The van der Waals surface area contributed by atoms with Gasteiger partial charge in [-0.3, -0.25) is 0 Å². The minimum absolute atomic E-state index is 0.226. The van der Waals surface area contributed by atoms with Crippen LogP contribution < -0.4 is 4.90 Å². The average Bonchev–Trinajstić information content (AvgIpc) is 2.20. The van der Waals surface area contributed by atoms with E-state index in [0.29, 0.717) is 0 Å². The van der Waals surface area contributed by atoms with E-state index in [9.17, 15) is 4.39 Å². The maximum atomic E-state index is 12.7. The summed E-state index contributed by atoms with van der Waals surface area (Å²) < 4.78 is 12.7. The Balaban J connectivity index is 0.000000791. The minimum Gasteiger partial charge on any atom is -0.377 e. The number of nitrogens with zero attached hydrogens (tertiary/aromatic N) is 1. The fourth-order valence-corrected chi connectivity index (χ4v) is 1.10. The summed E-state index contributed by atoms with van der Waals surface area (Å²) in [7, 11) is 3.83. The van der Waals surface area contributed by atoms with Crippen molar-refractivity contribution in [3.05, 3.63) is 36.2 Å². The normalized spacial score (nSPS) is 8.64. The number of rotatable bonds is 2. The monoisotopic (exact) mass is 195 g/mol. The molecule has 1 rings (SSSR count). The zero-order valence-corrected chi connectivity index (χ0v) is 9.34. The van der Waals surface area contributed by atoms with Crippen LogP contribution in [0.15, 0.2) is 24.8 Å². The van der Waals surface area contributed by atoms with Gasteiger partial charge in [0.05, 0.1) is 0 Å². The molecule has 2 heteroatoms. The lowest BCUT2D eigenvalue weighted by atomic mass is 10.1. The zero-order valence-electron chi connectivity index (χ0n) is 9.34. The number of benzene rings is 1. The Bertz CT molecular complexity index is 292. The van der Waals surface area contributed by atoms with Gasteiger partial charge in [-0.05, 0) is 18.2 Å². The van der Waals surface area contributed by atoms with Crippen LogP contribution in [0.1, 0.15) is 19.4 Å². The van der Waals surface area contributed by atoms with Crippen molar-refractivity contribution in [2.24, 2.45) is 0 Å². The highest BCUT2D eigenvalue weighted by atomic mass is 19.1. The minimum atomic E-state index is -0.226. The van der Waals surface area contributed by atoms with Crippen molar-refractivity contribution >= 4 is 11.8 Å². The molecular formula is C12H18FN. The van der Waals surface area contributed by atoms with Crippen LogP contribution in [0, 0.1) is 5.82 Å². The maximum absolute atomic E-state index is 12.7. The number of hydrogen-bond acceptors (Lipinski definition) is 1. The molecule has 0 aliphatic carbocycles. The third kappa shape index (κ3) is 3.21. The topological polar surface area (TPSA) is 3.24 Å². The van der Waals surface area contributed by atoms with Gasteiger partial charge in [0, 0.05) is 25.3 Å². The first kappa shape index (κ1) is 12.7. The van der Waals surface area contributed by atoms with Crippen LogP contribution in [0.2, 0.25) is 0 Å². The first-order valence-electron chi connectivity index (χ1n) is 4.74. The number of anilines is 1. The quantitative estimate of drug-likeness (QED) is 0.697. The number of hydrogen-bond donors (Lipinski definition) is 0. The zero-order chi connectivity index (χ0) is 11.1. The third-order valence-electron chi connectivity index (χ3n) is 1.69. The third-order valence-corrected chi connectivity index (χ3v) is 1.69. The number of halogens is 1. The van der Waals surface area contributed by atoms with E-state index >= 15 is 0 Å². The molecule has 0 unspecified atom stereocenters. The lowest BCUT2D eigenvalue weighted by Crippen LogP contribution is -2.10. The van der Waals surface area contributed by atoms with Gasteiger partial charge >= 0.3 is 0 Å². The SMILES string of the molecule is C=Cc1cc(F)ccc1N(C)C.CC. The molecule has 0 spiro atoms. The molecule has 0 aliphatic heterocycles. The fourth-order valence-electron chi connectivity index (χ4n) is 1.10. The van der Waals surface area contributed by atoms with Crippen LogP contribution >= 0.6 is 0 Å². The van der Waals surface area contributed by atoms with Gasteiger partial charge in [0.25, 0.3) is 0 Å². The van der Waals surface area contributed by atoms with Gasteiger partial charge in [-0.25, -0.2) is 4.39 Å². The van der Waals surface area contributed by atoms with E-state index in [1.54, 1.807) is 12.1 Å². The van der Waals surface area contributed by atoms with E-state index in [-0.39, 0.29) is 5.82 Å². The molecule has 0 saturated carbocycles. The lowest BCUT2D eigenvalue weighted by Gasteiger charge is -2.15. The van der Waals surface area contributed by atoms with Crippen molar-refractivity contribution < 1.29 is 4.39 Å². The summed E-state index contributed by atoms with van der Waals surface area (Å²) in [6.07, 6.45) is 1.65. The fraction of sp³-hybridized carbons (Fsp3) is 0.333. The molecule has 0 aromatic heterocycles. The molecule has 1 nitrogen and oxygen atoms in total. The van der Waals surface area contributed by atoms with Crippen molar-refractivity contribution in [2.45, 2.75) is 13.8 Å². The molecule has 1 aromatic rings. The van der Waals surface area contributed by atoms with Crippen LogP contribution in [-0.2, 0) is 0 Å². The molecule has 14 heavy (non-hydrogen) atoms. The Morgan fingerprint density at radius 3 is 2.29 bits per heavy atom. The van der Waals surface area contributed by atoms with E-state index in [1.807, 2.05) is 32.8 Å². The van der Waals surface area contributed by atoms with Crippen LogP contribution in [0.3, 0.4) is 0 Å². The molecule has 0 N–H and O–H groups in total. The Hall–Kier alpha value is -1.31. The molecule has 0 radical (unpaired) electrons. The van der Waals surface area contributed by atoms with Gasteiger partial charge in [-0.2, -0.15) is 0 Å². The lowest BCUT2D eigenvalue weighted by molar-refractivity contribution is 0.627. The molecule has 0 amide bonds. The maximum Gasteiger partial charge on any atom is 0.123 e. The molecule has 78 valence electrons. The van der Waals surface area contributed by atoms with Crippen molar-refractivity contribution in [1.82, 2.24) is 0 Å². The van der Waals surface area contributed by atoms with Crippen LogP contribution in [0.5, 0.6) is 0 Å². The van der Waals surface area contributed by atoms with E-state index in [1.165, 1.54) is 12.1 Å². The van der Waals surface area contributed by atoms with Crippen LogP contribution in [0.25, 0.3) is 6.08 Å². The Kier molecular flexibility index (Phi) is 5.61. The van der Waals surface area contributed by atoms with Gasteiger partial charge in [0.15, 0.2) is 0 Å². The first-order chi connectivity index (χ1) is 6.65. The van der Waals surface area contributed by atoms with Gasteiger partial charge in [0.2, 0.25) is 0 Å². The molecule has 0 saturated heterocycles. The van der Waals surface area contributed by atoms with Gasteiger partial charge < -0.3 is 4.90 Å². The second kappa shape index (κ2) is 6.19. The summed E-state index contributed by atoms with van der Waals surface area (Å²) in [5.41, 5.74) is 1.80. The molecule has 1 aromatic carbocycles. The molecule has 0 fully saturated rings. The largest absolute Gasteiger partial charge is 0.377 e. The van der Waals surface area contributed by atoms with E-state index in [2.05, 4.69) is 6.58 Å². The molecule has 0 heterocycles. The summed E-state index contributed by atoms with van der Waals surface area (Å²) in [5.74, 6) is -0.226. The highest BCUT2D eigenvalue weighted by Crippen LogP contribution is 2.20. The Morgan fingerprint density at radius 2 is 1.86 bits per heavy atom. The Morgan fingerprint density at radius 1 is 1.29 bits per heavy atom. The summed E-state index contributed by atoms with van der Waals surface area (Å²) in [6, 6.07) is 4.66. The van der Waals surface area contributed by atoms with Crippen molar-refractivity contribution in [3.63, 3.8) is 0 Å². The Labute approximate surface area is 85.9 Å². The van der Waals surface area contributed by atoms with Crippen LogP contribution in [0.4, 0.5) is 10.1 Å². The van der Waals surface area contributed by atoms with Gasteiger partial charge in [-0.15, -0.1) is 0 Å². The average molecular weight is 195 g/mol. The molecule has 0 atom stereocenters. The predicted octanol–water partition coefficient (Wildman–Crippen LogP) is 3.56. The van der Waals surface area contributed by atoms with Crippen LogP contribution in [-0.4, -0.2) is 14.1 Å². The standard InChI is InChI=1S/C10H12FN.C2H6/c1-4-8-7-9(11)5-6-10(8)12(2)3;1-2/h4-7H,1H2,2-3H3;1-2H3. The second-order valence-corrected chi connectivity index (χ2v) is 2.80. The van der Waals surface area contributed by atoms with E-state index < -0.39 is 0 Å². The summed E-state index contributed by atoms with van der Waals surface area (Å²) in [5, 5.41) is 0. The molecular weight excluding hydrogens is 177 g/mol. The summed E-state index contributed by atoms with van der Waals surface area (Å²) in [4.78, 5) is 1.93. The van der Waals surface area contributed by atoms with Gasteiger partial charge in [0.1, 0.15) is 5.82 Å². The van der Waals surface area contributed by atoms with Gasteiger partial charge in [-0.1, -0.05) is 26.5 Å². The smallest absolute Gasteiger partial charge is 0.123 e. The first-order valence-corrected chi connectivity index (χ1v) is 4.74.